The van der Waals surface area contributed by atoms with Gasteiger partial charge in [-0.2, -0.15) is 4.31 Å². The van der Waals surface area contributed by atoms with Crippen LogP contribution in [0.25, 0.3) is 0 Å². The number of aliphatic hydroxyl groups is 1. The van der Waals surface area contributed by atoms with Gasteiger partial charge in [-0.25, -0.2) is 18.4 Å². The fourth-order valence-corrected chi connectivity index (χ4v) is 4.85. The van der Waals surface area contributed by atoms with Crippen LogP contribution in [0.2, 0.25) is 0 Å². The van der Waals surface area contributed by atoms with Crippen LogP contribution in [0, 0.1) is 17.8 Å². The normalized spacial score (nSPS) is 19.3. The van der Waals surface area contributed by atoms with Gasteiger partial charge in [0.25, 0.3) is 15.9 Å². The number of aromatic nitrogens is 3. The highest BCUT2D eigenvalue weighted by Gasteiger charge is 2.36. The Balaban J connectivity index is 1.97. The minimum Gasteiger partial charge on any atom is -0.472 e. The number of hydrogen-bond donors (Lipinski definition) is 1. The molecule has 35 heavy (non-hydrogen) atoms. The molecular weight excluding hydrogens is 470 g/mol. The SMILES string of the molecule is CCCC#Cc1cnc2c(c1)C(=O)N([C@@H](C)CO)C[C@H](C)[C@@H](CN(C)S(=O)(=O)c1cn(C)cn1)O2. The van der Waals surface area contributed by atoms with Gasteiger partial charge in [-0.05, 0) is 19.4 Å². The van der Waals surface area contributed by atoms with Crippen LogP contribution in [0.1, 0.15) is 49.5 Å². The molecule has 10 nitrogen and oxygen atoms in total. The number of amides is 1. The van der Waals surface area contributed by atoms with Gasteiger partial charge in [-0.15, -0.1) is 0 Å². The smallest absolute Gasteiger partial charge is 0.261 e. The zero-order chi connectivity index (χ0) is 25.8. The van der Waals surface area contributed by atoms with E-state index in [1.165, 1.54) is 23.9 Å². The largest absolute Gasteiger partial charge is 0.472 e. The van der Waals surface area contributed by atoms with Gasteiger partial charge in [0.15, 0.2) is 5.03 Å². The van der Waals surface area contributed by atoms with E-state index in [-0.39, 0.29) is 48.0 Å². The second-order valence-corrected chi connectivity index (χ2v) is 10.9. The summed E-state index contributed by atoms with van der Waals surface area (Å²) in [6.45, 7) is 5.76. The Morgan fingerprint density at radius 1 is 1.37 bits per heavy atom. The van der Waals surface area contributed by atoms with Gasteiger partial charge < -0.3 is 19.3 Å². The number of carbonyl (C=O) groups excluding carboxylic acids is 1. The third-order valence-electron chi connectivity index (χ3n) is 5.92. The van der Waals surface area contributed by atoms with E-state index in [0.717, 1.165) is 12.8 Å². The van der Waals surface area contributed by atoms with Crippen LogP contribution in [0.4, 0.5) is 0 Å². The van der Waals surface area contributed by atoms with Crippen molar-refractivity contribution in [2.45, 2.75) is 50.8 Å². The highest BCUT2D eigenvalue weighted by Crippen LogP contribution is 2.28. The molecule has 0 saturated carbocycles. The highest BCUT2D eigenvalue weighted by molar-refractivity contribution is 7.89. The van der Waals surface area contributed by atoms with Gasteiger partial charge in [0, 0.05) is 50.9 Å². The molecule has 3 atom stereocenters. The Morgan fingerprint density at radius 2 is 2.11 bits per heavy atom. The number of nitrogens with zero attached hydrogens (tertiary/aromatic N) is 5. The summed E-state index contributed by atoms with van der Waals surface area (Å²) in [5.74, 6) is 5.61. The summed E-state index contributed by atoms with van der Waals surface area (Å²) in [5.41, 5.74) is 0.825. The van der Waals surface area contributed by atoms with Crippen LogP contribution in [0.5, 0.6) is 5.88 Å². The summed E-state index contributed by atoms with van der Waals surface area (Å²) in [6, 6.07) is 1.20. The maximum absolute atomic E-state index is 13.4. The van der Waals surface area contributed by atoms with E-state index in [1.807, 2.05) is 13.8 Å². The van der Waals surface area contributed by atoms with Crippen LogP contribution in [-0.4, -0.2) is 82.1 Å². The molecule has 3 rings (SSSR count). The Morgan fingerprint density at radius 3 is 2.74 bits per heavy atom. The number of fused-ring (bicyclic) bond motifs is 1. The third-order valence-corrected chi connectivity index (χ3v) is 7.63. The minimum absolute atomic E-state index is 0.0226. The molecule has 0 radical (unpaired) electrons. The average Bonchev–Trinajstić information content (AvgIpc) is 3.28. The summed E-state index contributed by atoms with van der Waals surface area (Å²) in [5, 5.41) is 9.73. The van der Waals surface area contributed by atoms with Gasteiger partial charge in [-0.1, -0.05) is 25.7 Å². The predicted molar refractivity (Wildman–Crippen MR) is 130 cm³/mol. The van der Waals surface area contributed by atoms with Crippen molar-refractivity contribution in [3.05, 3.63) is 35.9 Å². The van der Waals surface area contributed by atoms with E-state index in [2.05, 4.69) is 21.8 Å². The summed E-state index contributed by atoms with van der Waals surface area (Å²) in [6.07, 6.45) is 5.46. The van der Waals surface area contributed by atoms with Crippen molar-refractivity contribution in [3.63, 3.8) is 0 Å². The van der Waals surface area contributed by atoms with Gasteiger partial charge in [-0.3, -0.25) is 4.79 Å². The van der Waals surface area contributed by atoms with Crippen LogP contribution >= 0.6 is 0 Å². The number of sulfonamides is 1. The number of ether oxygens (including phenoxy) is 1. The Hall–Kier alpha value is -2.94. The van der Waals surface area contributed by atoms with Gasteiger partial charge >= 0.3 is 0 Å². The Kier molecular flexibility index (Phi) is 8.53. The molecule has 0 fully saturated rings. The molecule has 0 saturated heterocycles. The highest BCUT2D eigenvalue weighted by atomic mass is 32.2. The Labute approximate surface area is 207 Å². The van der Waals surface area contributed by atoms with E-state index in [1.54, 1.807) is 35.7 Å². The lowest BCUT2D eigenvalue weighted by molar-refractivity contribution is 0.0373. The molecule has 3 heterocycles. The van der Waals surface area contributed by atoms with E-state index in [4.69, 9.17) is 4.74 Å². The predicted octanol–water partition coefficient (Wildman–Crippen LogP) is 1.51. The zero-order valence-corrected chi connectivity index (χ0v) is 21.6. The topological polar surface area (TPSA) is 118 Å². The minimum atomic E-state index is -3.84. The van der Waals surface area contributed by atoms with E-state index < -0.39 is 22.2 Å². The summed E-state index contributed by atoms with van der Waals surface area (Å²) >= 11 is 0. The van der Waals surface area contributed by atoms with Crippen molar-refractivity contribution >= 4 is 15.9 Å². The van der Waals surface area contributed by atoms with Crippen molar-refractivity contribution in [1.82, 2.24) is 23.7 Å². The molecule has 0 spiro atoms. The molecule has 190 valence electrons. The molecule has 2 aromatic heterocycles. The van der Waals surface area contributed by atoms with Gasteiger partial charge in [0.2, 0.25) is 5.88 Å². The van der Waals surface area contributed by atoms with Crippen LogP contribution < -0.4 is 4.74 Å². The summed E-state index contributed by atoms with van der Waals surface area (Å²) in [7, 11) is -0.673. The fourth-order valence-electron chi connectivity index (χ4n) is 3.71. The van der Waals surface area contributed by atoms with Crippen LogP contribution in [0.3, 0.4) is 0 Å². The monoisotopic (exact) mass is 503 g/mol. The number of pyridine rings is 1. The number of rotatable bonds is 7. The first kappa shape index (κ1) is 26.7. The van der Waals surface area contributed by atoms with E-state index in [9.17, 15) is 18.3 Å². The standard InChI is InChI=1S/C24H33N5O5S/c1-6-7-8-9-19-10-20-23(25-11-19)34-21(17(2)12-29(24(20)31)18(3)15-30)13-28(5)35(32,33)22-14-27(4)16-26-22/h10-11,14,16-18,21,30H,6-7,12-13,15H2,1-5H3/t17-,18-,21+/m0/s1. The fraction of sp³-hybridized carbons (Fsp3) is 0.542. The number of likely N-dealkylation sites (N-methyl/N-ethyl adjacent to an activating group) is 1. The quantitative estimate of drug-likeness (QED) is 0.569. The number of unbranched alkanes of at least 4 members (excludes halogenated alkanes) is 1. The lowest BCUT2D eigenvalue weighted by Gasteiger charge is -2.37. The molecule has 1 amide bonds. The number of imidazole rings is 1. The van der Waals surface area contributed by atoms with E-state index >= 15 is 0 Å². The van der Waals surface area contributed by atoms with Crippen molar-refractivity contribution in [2.75, 3.05) is 26.7 Å². The molecular formula is C24H33N5O5S. The first-order chi connectivity index (χ1) is 16.6. The molecule has 0 aliphatic carbocycles. The molecule has 0 unspecified atom stereocenters. The van der Waals surface area contributed by atoms with Crippen LogP contribution in [-0.2, 0) is 17.1 Å². The molecule has 11 heteroatoms. The van der Waals surface area contributed by atoms with Gasteiger partial charge in [0.1, 0.15) is 11.7 Å². The molecule has 0 aromatic carbocycles. The summed E-state index contributed by atoms with van der Waals surface area (Å²) < 4.78 is 35.0. The molecule has 2 aromatic rings. The second kappa shape index (κ2) is 11.2. The summed E-state index contributed by atoms with van der Waals surface area (Å²) in [4.78, 5) is 23.3. The number of hydrogen-bond acceptors (Lipinski definition) is 7. The average molecular weight is 504 g/mol. The lowest BCUT2D eigenvalue weighted by atomic mass is 10.0. The maximum Gasteiger partial charge on any atom is 0.261 e. The van der Waals surface area contributed by atoms with Crippen molar-refractivity contribution < 1.29 is 23.1 Å². The molecule has 0 bridgehead atoms. The molecule has 1 N–H and O–H groups in total. The number of carbonyl (C=O) groups is 1. The van der Waals surface area contributed by atoms with Crippen LogP contribution in [0.15, 0.2) is 29.8 Å². The number of aliphatic hydroxyl groups excluding tert-OH is 1. The zero-order valence-electron chi connectivity index (χ0n) is 20.8. The van der Waals surface area contributed by atoms with E-state index in [0.29, 0.717) is 5.56 Å². The molecule has 1 aliphatic rings. The van der Waals surface area contributed by atoms with Crippen molar-refractivity contribution in [1.29, 1.82) is 0 Å². The first-order valence-corrected chi connectivity index (χ1v) is 13.0. The first-order valence-electron chi connectivity index (χ1n) is 11.6. The van der Waals surface area contributed by atoms with Crippen molar-refractivity contribution in [2.24, 2.45) is 13.0 Å². The third kappa shape index (κ3) is 6.01. The van der Waals surface area contributed by atoms with Crippen molar-refractivity contribution in [3.8, 4) is 17.7 Å². The lowest BCUT2D eigenvalue weighted by Crippen LogP contribution is -2.50. The Bertz CT molecular complexity index is 1220. The molecule has 1 aliphatic heterocycles. The second-order valence-electron chi connectivity index (χ2n) is 8.91. The maximum atomic E-state index is 13.4. The van der Waals surface area contributed by atoms with Gasteiger partial charge in [0.05, 0.1) is 25.5 Å². The number of aryl methyl sites for hydroxylation is 1.